The maximum Gasteiger partial charge on any atom is 0.308 e. The van der Waals surface area contributed by atoms with Gasteiger partial charge in [0.1, 0.15) is 42.7 Å². The lowest BCUT2D eigenvalue weighted by Gasteiger charge is -2.49. The highest BCUT2D eigenvalue weighted by Crippen LogP contribution is 2.38. The number of aliphatic carboxylic acids is 1. The van der Waals surface area contributed by atoms with Crippen LogP contribution in [-0.4, -0.2) is 103 Å². The van der Waals surface area contributed by atoms with E-state index in [0.717, 1.165) is 0 Å². The first kappa shape index (κ1) is 23.7. The van der Waals surface area contributed by atoms with Gasteiger partial charge in [0.25, 0.3) is 0 Å². The number of aliphatic hydroxyl groups excluding tert-OH is 1. The van der Waals surface area contributed by atoms with Gasteiger partial charge in [-0.25, -0.2) is 0 Å². The summed E-state index contributed by atoms with van der Waals surface area (Å²) >= 11 is 0. The van der Waals surface area contributed by atoms with Crippen molar-refractivity contribution >= 4 is 5.97 Å². The van der Waals surface area contributed by atoms with E-state index in [2.05, 4.69) is 0 Å². The molecule has 3 saturated heterocycles. The SMILES string of the molecule is O=C(O)CC1OC[C@H]2O[C@H]3C=C[C@H]4O[C@H]5[C@H](O)[C@H]6OCC=CC[C@@H]6O[C@@H]5C[C@@H]4O[C@@H]3C/C=C\[C@@H]2O1. The lowest BCUT2D eigenvalue weighted by atomic mass is 9.87. The average Bonchev–Trinajstić information content (AvgIpc) is 3.15. The molecule has 1 unspecified atom stereocenters. The van der Waals surface area contributed by atoms with E-state index in [0.29, 0.717) is 25.9 Å². The molecule has 10 nitrogen and oxygen atoms in total. The van der Waals surface area contributed by atoms with Crippen LogP contribution in [0.2, 0.25) is 0 Å². The van der Waals surface area contributed by atoms with E-state index >= 15 is 0 Å². The Morgan fingerprint density at radius 1 is 0.743 bits per heavy atom. The molecule has 6 aliphatic rings. The van der Waals surface area contributed by atoms with E-state index in [4.69, 9.17) is 38.3 Å². The molecule has 0 spiro atoms. The van der Waals surface area contributed by atoms with Gasteiger partial charge in [-0.1, -0.05) is 36.5 Å². The van der Waals surface area contributed by atoms with Crippen LogP contribution in [0.3, 0.4) is 0 Å². The third-order valence-electron chi connectivity index (χ3n) is 7.52. The Balaban J connectivity index is 1.15. The molecule has 6 rings (SSSR count). The van der Waals surface area contributed by atoms with Gasteiger partial charge in [-0.15, -0.1) is 0 Å². The summed E-state index contributed by atoms with van der Waals surface area (Å²) in [6, 6.07) is 0. The fourth-order valence-electron chi connectivity index (χ4n) is 5.81. The number of hydrogen-bond donors (Lipinski definition) is 2. The molecule has 0 aliphatic carbocycles. The number of aliphatic hydroxyl groups is 1. The Hall–Kier alpha value is -1.63. The molecule has 12 atom stereocenters. The highest BCUT2D eigenvalue weighted by molar-refractivity contribution is 5.67. The van der Waals surface area contributed by atoms with Crippen molar-refractivity contribution in [2.45, 2.75) is 99.1 Å². The second kappa shape index (κ2) is 10.0. The van der Waals surface area contributed by atoms with Crippen molar-refractivity contribution in [1.29, 1.82) is 0 Å². The van der Waals surface area contributed by atoms with Crippen molar-refractivity contribution in [2.24, 2.45) is 0 Å². The Bertz CT molecular complexity index is 872. The van der Waals surface area contributed by atoms with Crippen molar-refractivity contribution in [3.8, 4) is 0 Å². The monoisotopic (exact) mass is 492 g/mol. The van der Waals surface area contributed by atoms with Crippen LogP contribution in [-0.2, 0) is 38.0 Å². The van der Waals surface area contributed by atoms with Crippen LogP contribution in [0.1, 0.15) is 25.7 Å². The van der Waals surface area contributed by atoms with E-state index in [-0.39, 0.29) is 55.8 Å². The minimum absolute atomic E-state index is 0.208. The molecule has 2 N–H and O–H groups in total. The molecule has 0 amide bonds. The van der Waals surface area contributed by atoms with Gasteiger partial charge in [-0.2, -0.15) is 0 Å². The van der Waals surface area contributed by atoms with Gasteiger partial charge in [-0.3, -0.25) is 4.79 Å². The largest absolute Gasteiger partial charge is 0.481 e. The maximum atomic E-state index is 11.1. The van der Waals surface area contributed by atoms with E-state index in [9.17, 15) is 9.90 Å². The molecule has 0 aromatic rings. The molecule has 0 aromatic carbocycles. The fraction of sp³-hybridized carbons (Fsp3) is 0.720. The number of fused-ring (bicyclic) bond motifs is 5. The molecule has 0 bridgehead atoms. The third kappa shape index (κ3) is 4.86. The standard InChI is InChI=1S/C25H32O10/c26-21(27)11-22-30-12-20-14(34-22)6-3-5-13-15(32-20)7-8-16-18(31-13)10-19-25(35-16)23(28)24-17(33-19)4-1-2-9-29-24/h1-3,6-8,13-20,22-25,28H,4-5,9-12H2,(H,26,27)/b6-3-/t13-,14+,15+,16-,17+,18+,19-,20-,22?,23-,24+,25-/m1/s1. The zero-order valence-corrected chi connectivity index (χ0v) is 19.3. The Morgan fingerprint density at radius 2 is 1.51 bits per heavy atom. The quantitative estimate of drug-likeness (QED) is 0.537. The fourth-order valence-corrected chi connectivity index (χ4v) is 5.81. The lowest BCUT2D eigenvalue weighted by molar-refractivity contribution is -0.289. The second-order valence-electron chi connectivity index (χ2n) is 9.87. The van der Waals surface area contributed by atoms with E-state index in [1.807, 2.05) is 36.5 Å². The molecule has 10 heteroatoms. The number of carbonyl (C=O) groups is 1. The molecule has 0 saturated carbocycles. The Morgan fingerprint density at radius 3 is 2.37 bits per heavy atom. The molecule has 6 heterocycles. The van der Waals surface area contributed by atoms with Gasteiger partial charge in [0, 0.05) is 6.42 Å². The van der Waals surface area contributed by atoms with Crippen molar-refractivity contribution in [1.82, 2.24) is 0 Å². The molecular weight excluding hydrogens is 460 g/mol. The van der Waals surface area contributed by atoms with Crippen molar-refractivity contribution < 1.29 is 48.2 Å². The summed E-state index contributed by atoms with van der Waals surface area (Å²) in [5.41, 5.74) is 0. The lowest BCUT2D eigenvalue weighted by Crippen LogP contribution is -2.63. The summed E-state index contributed by atoms with van der Waals surface area (Å²) in [5, 5.41) is 20.1. The van der Waals surface area contributed by atoms with E-state index in [1.54, 1.807) is 0 Å². The van der Waals surface area contributed by atoms with Crippen LogP contribution in [0.4, 0.5) is 0 Å². The van der Waals surface area contributed by atoms with Crippen LogP contribution in [0.25, 0.3) is 0 Å². The molecule has 0 aromatic heterocycles. The first-order valence-corrected chi connectivity index (χ1v) is 12.5. The second-order valence-corrected chi connectivity index (χ2v) is 9.87. The summed E-state index contributed by atoms with van der Waals surface area (Å²) in [4.78, 5) is 11.0. The highest BCUT2D eigenvalue weighted by Gasteiger charge is 2.52. The topological polar surface area (TPSA) is 122 Å². The first-order valence-electron chi connectivity index (χ1n) is 12.5. The molecule has 3 fully saturated rings. The molecule has 6 aliphatic heterocycles. The summed E-state index contributed by atoms with van der Waals surface area (Å²) in [7, 11) is 0. The minimum atomic E-state index is -0.973. The van der Waals surface area contributed by atoms with Crippen LogP contribution in [0, 0.1) is 0 Å². The number of ether oxygens (including phenoxy) is 7. The molecular formula is C25H32O10. The van der Waals surface area contributed by atoms with E-state index < -0.39 is 36.7 Å². The van der Waals surface area contributed by atoms with Gasteiger partial charge in [0.2, 0.25) is 0 Å². The van der Waals surface area contributed by atoms with Crippen LogP contribution >= 0.6 is 0 Å². The predicted molar refractivity (Wildman–Crippen MR) is 119 cm³/mol. The van der Waals surface area contributed by atoms with Crippen molar-refractivity contribution in [3.05, 3.63) is 36.5 Å². The summed E-state index contributed by atoms with van der Waals surface area (Å²) in [5.74, 6) is -0.973. The smallest absolute Gasteiger partial charge is 0.308 e. The normalized spacial score (nSPS) is 50.0. The van der Waals surface area contributed by atoms with Crippen molar-refractivity contribution in [3.63, 3.8) is 0 Å². The number of carboxylic acid groups (broad SMARTS) is 1. The Kier molecular flexibility index (Phi) is 6.80. The minimum Gasteiger partial charge on any atom is -0.481 e. The van der Waals surface area contributed by atoms with Crippen molar-refractivity contribution in [2.75, 3.05) is 13.2 Å². The van der Waals surface area contributed by atoms with E-state index in [1.165, 1.54) is 0 Å². The predicted octanol–water partition coefficient (Wildman–Crippen LogP) is 0.871. The van der Waals surface area contributed by atoms with Gasteiger partial charge < -0.3 is 43.4 Å². The first-order chi connectivity index (χ1) is 17.0. The molecule has 192 valence electrons. The van der Waals surface area contributed by atoms with Crippen LogP contribution < -0.4 is 0 Å². The highest BCUT2D eigenvalue weighted by atomic mass is 16.7. The van der Waals surface area contributed by atoms with Gasteiger partial charge in [0.05, 0.1) is 44.1 Å². The number of carboxylic acids is 1. The summed E-state index contributed by atoms with van der Waals surface area (Å²) in [6.45, 7) is 0.684. The maximum absolute atomic E-state index is 11.1. The molecule has 0 radical (unpaired) electrons. The molecule has 35 heavy (non-hydrogen) atoms. The summed E-state index contributed by atoms with van der Waals surface area (Å²) in [6.07, 6.45) is 8.58. The zero-order chi connectivity index (χ0) is 23.9. The Labute approximate surface area is 203 Å². The van der Waals surface area contributed by atoms with Crippen LogP contribution in [0.15, 0.2) is 36.5 Å². The average molecular weight is 493 g/mol. The number of hydrogen-bond acceptors (Lipinski definition) is 9. The van der Waals surface area contributed by atoms with Gasteiger partial charge >= 0.3 is 5.97 Å². The summed E-state index contributed by atoms with van der Waals surface area (Å²) < 4.78 is 42.8. The van der Waals surface area contributed by atoms with Crippen LogP contribution in [0.5, 0.6) is 0 Å². The van der Waals surface area contributed by atoms with Gasteiger partial charge in [0.15, 0.2) is 6.29 Å². The number of rotatable bonds is 2. The zero-order valence-electron chi connectivity index (χ0n) is 19.3. The van der Waals surface area contributed by atoms with Gasteiger partial charge in [-0.05, 0) is 12.8 Å². The third-order valence-corrected chi connectivity index (χ3v) is 7.52.